The molecule has 1 aromatic rings. The summed E-state index contributed by atoms with van der Waals surface area (Å²) in [6.45, 7) is 0.791. The Hall–Kier alpha value is -0.910. The zero-order valence-electron chi connectivity index (χ0n) is 9.83. The SMILES string of the molecule is FC(F)(F)c1ccc(NCC2CCSCC2)nc1. The fourth-order valence-electron chi connectivity index (χ4n) is 1.87. The van der Waals surface area contributed by atoms with Crippen LogP contribution in [0.3, 0.4) is 0 Å². The summed E-state index contributed by atoms with van der Waals surface area (Å²) in [6.07, 6.45) is -1.11. The van der Waals surface area contributed by atoms with Crippen molar-refractivity contribution >= 4 is 17.6 Å². The van der Waals surface area contributed by atoms with E-state index in [-0.39, 0.29) is 0 Å². The molecule has 0 spiro atoms. The molecule has 1 aliphatic heterocycles. The molecular formula is C12H15F3N2S. The monoisotopic (exact) mass is 276 g/mol. The van der Waals surface area contributed by atoms with Crippen molar-refractivity contribution in [1.82, 2.24) is 4.98 Å². The maximum absolute atomic E-state index is 12.3. The van der Waals surface area contributed by atoms with Gasteiger partial charge in [0.05, 0.1) is 5.56 Å². The summed E-state index contributed by atoms with van der Waals surface area (Å²) in [7, 11) is 0. The van der Waals surface area contributed by atoms with Crippen LogP contribution in [-0.2, 0) is 6.18 Å². The molecule has 1 aliphatic rings. The van der Waals surface area contributed by atoms with Gasteiger partial charge in [-0.15, -0.1) is 0 Å². The van der Waals surface area contributed by atoms with Gasteiger partial charge in [-0.2, -0.15) is 24.9 Å². The summed E-state index contributed by atoms with van der Waals surface area (Å²) >= 11 is 1.96. The predicted molar refractivity (Wildman–Crippen MR) is 67.8 cm³/mol. The highest BCUT2D eigenvalue weighted by molar-refractivity contribution is 7.99. The van der Waals surface area contributed by atoms with Crippen LogP contribution < -0.4 is 5.32 Å². The second kappa shape index (κ2) is 5.82. The number of pyridine rings is 1. The highest BCUT2D eigenvalue weighted by Gasteiger charge is 2.30. The third kappa shape index (κ3) is 3.80. The summed E-state index contributed by atoms with van der Waals surface area (Å²) in [5.74, 6) is 3.47. The van der Waals surface area contributed by atoms with Gasteiger partial charge >= 0.3 is 6.18 Å². The Balaban J connectivity index is 1.86. The fraction of sp³-hybridized carbons (Fsp3) is 0.583. The number of halogens is 3. The van der Waals surface area contributed by atoms with Gasteiger partial charge in [0.25, 0.3) is 0 Å². The van der Waals surface area contributed by atoms with Crippen molar-refractivity contribution < 1.29 is 13.2 Å². The lowest BCUT2D eigenvalue weighted by molar-refractivity contribution is -0.137. The van der Waals surface area contributed by atoms with E-state index in [1.54, 1.807) is 0 Å². The zero-order chi connectivity index (χ0) is 13.0. The number of aromatic nitrogens is 1. The highest BCUT2D eigenvalue weighted by Crippen LogP contribution is 2.29. The Kier molecular flexibility index (Phi) is 4.37. The van der Waals surface area contributed by atoms with Crippen molar-refractivity contribution in [3.63, 3.8) is 0 Å². The molecule has 0 saturated carbocycles. The van der Waals surface area contributed by atoms with E-state index in [0.29, 0.717) is 11.7 Å². The summed E-state index contributed by atoms with van der Waals surface area (Å²) in [5, 5.41) is 3.11. The Morgan fingerprint density at radius 2 is 2.00 bits per heavy atom. The molecule has 0 amide bonds. The molecule has 0 bridgehead atoms. The topological polar surface area (TPSA) is 24.9 Å². The number of hydrogen-bond donors (Lipinski definition) is 1. The Morgan fingerprint density at radius 1 is 1.28 bits per heavy atom. The summed E-state index contributed by atoms with van der Waals surface area (Å²) in [6, 6.07) is 2.45. The predicted octanol–water partition coefficient (Wildman–Crippen LogP) is 3.66. The van der Waals surface area contributed by atoms with Gasteiger partial charge in [0.2, 0.25) is 0 Å². The lowest BCUT2D eigenvalue weighted by Crippen LogP contribution is -2.19. The van der Waals surface area contributed by atoms with E-state index in [2.05, 4.69) is 10.3 Å². The Morgan fingerprint density at radius 3 is 2.56 bits per heavy atom. The standard InChI is InChI=1S/C12H15F3N2S/c13-12(14,15)10-1-2-11(17-8-10)16-7-9-3-5-18-6-4-9/h1-2,8-9H,3-7H2,(H,16,17). The number of nitrogens with zero attached hydrogens (tertiary/aromatic N) is 1. The molecule has 0 aliphatic carbocycles. The van der Waals surface area contributed by atoms with Crippen LogP contribution in [0.15, 0.2) is 18.3 Å². The van der Waals surface area contributed by atoms with Crippen molar-refractivity contribution in [2.24, 2.45) is 5.92 Å². The van der Waals surface area contributed by atoms with Crippen molar-refractivity contribution in [2.75, 3.05) is 23.4 Å². The van der Waals surface area contributed by atoms with Crippen molar-refractivity contribution in [3.05, 3.63) is 23.9 Å². The molecule has 0 radical (unpaired) electrons. The van der Waals surface area contributed by atoms with E-state index < -0.39 is 11.7 Å². The second-order valence-electron chi connectivity index (χ2n) is 4.37. The molecule has 0 unspecified atom stereocenters. The van der Waals surface area contributed by atoms with Gasteiger partial charge < -0.3 is 5.32 Å². The van der Waals surface area contributed by atoms with Crippen LogP contribution >= 0.6 is 11.8 Å². The lowest BCUT2D eigenvalue weighted by Gasteiger charge is -2.21. The molecule has 2 heterocycles. The molecule has 2 nitrogen and oxygen atoms in total. The maximum Gasteiger partial charge on any atom is 0.417 e. The van der Waals surface area contributed by atoms with Crippen LogP contribution in [0.5, 0.6) is 0 Å². The average molecular weight is 276 g/mol. The first-order valence-corrected chi connectivity index (χ1v) is 7.06. The number of thioether (sulfide) groups is 1. The summed E-state index contributed by atoms with van der Waals surface area (Å²) < 4.78 is 37.0. The Bertz CT molecular complexity index is 372. The summed E-state index contributed by atoms with van der Waals surface area (Å²) in [5.41, 5.74) is -0.706. The largest absolute Gasteiger partial charge is 0.417 e. The number of anilines is 1. The van der Waals surface area contributed by atoms with Crippen molar-refractivity contribution in [1.29, 1.82) is 0 Å². The molecule has 0 aromatic carbocycles. The molecule has 100 valence electrons. The molecule has 2 rings (SSSR count). The van der Waals surface area contributed by atoms with Gasteiger partial charge in [0.1, 0.15) is 5.82 Å². The minimum Gasteiger partial charge on any atom is -0.370 e. The smallest absolute Gasteiger partial charge is 0.370 e. The average Bonchev–Trinajstić information content (AvgIpc) is 2.37. The van der Waals surface area contributed by atoms with Crippen LogP contribution in [0.1, 0.15) is 18.4 Å². The maximum atomic E-state index is 12.3. The first kappa shape index (κ1) is 13.5. The van der Waals surface area contributed by atoms with Gasteiger partial charge in [-0.25, -0.2) is 4.98 Å². The molecule has 0 atom stereocenters. The van der Waals surface area contributed by atoms with Crippen LogP contribution in [0.4, 0.5) is 19.0 Å². The van der Waals surface area contributed by atoms with Gasteiger partial charge in [-0.1, -0.05) is 0 Å². The fourth-order valence-corrected chi connectivity index (χ4v) is 3.07. The molecule has 1 N–H and O–H groups in total. The van der Waals surface area contributed by atoms with Gasteiger partial charge in [0.15, 0.2) is 0 Å². The van der Waals surface area contributed by atoms with E-state index in [4.69, 9.17) is 0 Å². The number of alkyl halides is 3. The Labute approximate surface area is 108 Å². The molecule has 1 aromatic heterocycles. The van der Waals surface area contributed by atoms with E-state index in [1.807, 2.05) is 11.8 Å². The second-order valence-corrected chi connectivity index (χ2v) is 5.59. The third-order valence-electron chi connectivity index (χ3n) is 3.00. The lowest BCUT2D eigenvalue weighted by atomic mass is 10.0. The molecule has 1 fully saturated rings. The van der Waals surface area contributed by atoms with Gasteiger partial charge in [-0.3, -0.25) is 0 Å². The van der Waals surface area contributed by atoms with E-state index >= 15 is 0 Å². The van der Waals surface area contributed by atoms with E-state index in [0.717, 1.165) is 31.6 Å². The third-order valence-corrected chi connectivity index (χ3v) is 4.05. The number of nitrogens with one attached hydrogen (secondary N) is 1. The van der Waals surface area contributed by atoms with Crippen LogP contribution in [0, 0.1) is 5.92 Å². The first-order chi connectivity index (χ1) is 8.55. The molecule has 6 heteroatoms. The van der Waals surface area contributed by atoms with Crippen LogP contribution in [0.2, 0.25) is 0 Å². The van der Waals surface area contributed by atoms with Crippen molar-refractivity contribution in [2.45, 2.75) is 19.0 Å². The molecule has 18 heavy (non-hydrogen) atoms. The van der Waals surface area contributed by atoms with Crippen LogP contribution in [-0.4, -0.2) is 23.0 Å². The minimum absolute atomic E-state index is 0.515. The summed E-state index contributed by atoms with van der Waals surface area (Å²) in [4.78, 5) is 3.79. The number of rotatable bonds is 3. The minimum atomic E-state index is -4.31. The van der Waals surface area contributed by atoms with E-state index in [9.17, 15) is 13.2 Å². The highest BCUT2D eigenvalue weighted by atomic mass is 32.2. The number of hydrogen-bond acceptors (Lipinski definition) is 3. The zero-order valence-corrected chi connectivity index (χ0v) is 10.7. The molecular weight excluding hydrogens is 261 g/mol. The molecule has 1 saturated heterocycles. The van der Waals surface area contributed by atoms with Gasteiger partial charge in [-0.05, 0) is 42.4 Å². The first-order valence-electron chi connectivity index (χ1n) is 5.90. The van der Waals surface area contributed by atoms with Crippen LogP contribution in [0.25, 0.3) is 0 Å². The van der Waals surface area contributed by atoms with E-state index in [1.165, 1.54) is 17.6 Å². The van der Waals surface area contributed by atoms with Gasteiger partial charge in [0, 0.05) is 12.7 Å². The normalized spacial score (nSPS) is 17.7. The quantitative estimate of drug-likeness (QED) is 0.912. The van der Waals surface area contributed by atoms with Crippen molar-refractivity contribution in [3.8, 4) is 0 Å².